The van der Waals surface area contributed by atoms with Gasteiger partial charge in [-0.3, -0.25) is 9.69 Å². The summed E-state index contributed by atoms with van der Waals surface area (Å²) in [7, 11) is 3.30. The van der Waals surface area contributed by atoms with E-state index >= 15 is 0 Å². The lowest BCUT2D eigenvalue weighted by Crippen LogP contribution is -2.35. The van der Waals surface area contributed by atoms with E-state index in [2.05, 4.69) is 0 Å². The number of hydrogen-bond donors (Lipinski definition) is 1. The molecule has 0 fully saturated rings. The number of aryl methyl sites for hydroxylation is 1. The number of nitrogen functional groups attached to an aromatic ring is 1. The summed E-state index contributed by atoms with van der Waals surface area (Å²) in [5.41, 5.74) is 8.12. The Labute approximate surface area is 120 Å². The first-order chi connectivity index (χ1) is 9.58. The van der Waals surface area contributed by atoms with Crippen LogP contribution in [0.4, 0.5) is 5.69 Å². The summed E-state index contributed by atoms with van der Waals surface area (Å²) in [5.74, 6) is 0.0592. The molecular weight excluding hydrogens is 256 g/mol. The van der Waals surface area contributed by atoms with Gasteiger partial charge in [0, 0.05) is 38.6 Å². The van der Waals surface area contributed by atoms with Gasteiger partial charge in [0.2, 0.25) is 0 Å². The Hall–Kier alpha value is -1.43. The third-order valence-corrected chi connectivity index (χ3v) is 3.19. The molecule has 0 saturated heterocycles. The molecule has 0 aliphatic rings. The van der Waals surface area contributed by atoms with Gasteiger partial charge >= 0.3 is 0 Å². The van der Waals surface area contributed by atoms with Crippen molar-refractivity contribution in [2.45, 2.75) is 6.92 Å². The highest BCUT2D eigenvalue weighted by molar-refractivity contribution is 5.98. The second kappa shape index (κ2) is 8.68. The lowest BCUT2D eigenvalue weighted by molar-refractivity contribution is 0.0837. The highest BCUT2D eigenvalue weighted by Gasteiger charge is 2.13. The van der Waals surface area contributed by atoms with Crippen molar-refractivity contribution < 1.29 is 14.3 Å². The zero-order chi connectivity index (χ0) is 15.0. The number of ether oxygens (including phenoxy) is 2. The van der Waals surface area contributed by atoms with Crippen molar-refractivity contribution in [1.82, 2.24) is 4.90 Å². The molecule has 0 heterocycles. The summed E-state index contributed by atoms with van der Waals surface area (Å²) < 4.78 is 10.1. The van der Waals surface area contributed by atoms with E-state index in [0.29, 0.717) is 44.1 Å². The Balaban J connectivity index is 2.65. The van der Waals surface area contributed by atoms with Crippen molar-refractivity contribution in [3.63, 3.8) is 0 Å². The summed E-state index contributed by atoms with van der Waals surface area (Å²) in [4.78, 5) is 14.3. The Bertz CT molecular complexity index is 427. The van der Waals surface area contributed by atoms with E-state index in [9.17, 15) is 4.79 Å². The molecule has 5 nitrogen and oxygen atoms in total. The molecular formula is C15H24N2O3. The SMILES string of the molecule is COCCN(CCOC)CC(=O)c1ccc(C)c(N)c1. The van der Waals surface area contributed by atoms with Crippen LogP contribution < -0.4 is 5.73 Å². The molecule has 2 N–H and O–H groups in total. The molecule has 0 aromatic heterocycles. The summed E-state index contributed by atoms with van der Waals surface area (Å²) in [5, 5.41) is 0. The molecule has 5 heteroatoms. The maximum atomic E-state index is 12.3. The number of Topliss-reactive ketones (excluding diaryl/α,β-unsaturated/α-hetero) is 1. The average molecular weight is 280 g/mol. The number of carbonyl (C=O) groups is 1. The van der Waals surface area contributed by atoms with Crippen molar-refractivity contribution >= 4 is 11.5 Å². The topological polar surface area (TPSA) is 64.8 Å². The number of nitrogens with two attached hydrogens (primary N) is 1. The van der Waals surface area contributed by atoms with Crippen LogP contribution in [0, 0.1) is 6.92 Å². The van der Waals surface area contributed by atoms with Crippen LogP contribution in [0.3, 0.4) is 0 Å². The Morgan fingerprint density at radius 2 is 1.80 bits per heavy atom. The van der Waals surface area contributed by atoms with Crippen LogP contribution in [0.1, 0.15) is 15.9 Å². The summed E-state index contributed by atoms with van der Waals surface area (Å²) >= 11 is 0. The first kappa shape index (κ1) is 16.6. The van der Waals surface area contributed by atoms with E-state index in [4.69, 9.17) is 15.2 Å². The van der Waals surface area contributed by atoms with Gasteiger partial charge in [0.05, 0.1) is 19.8 Å². The van der Waals surface area contributed by atoms with Crippen molar-refractivity contribution in [2.75, 3.05) is 52.8 Å². The van der Waals surface area contributed by atoms with Crippen molar-refractivity contribution in [3.8, 4) is 0 Å². The molecule has 0 bridgehead atoms. The zero-order valence-electron chi connectivity index (χ0n) is 12.5. The van der Waals surface area contributed by atoms with Gasteiger partial charge in [-0.25, -0.2) is 0 Å². The number of nitrogens with zero attached hydrogens (tertiary/aromatic N) is 1. The van der Waals surface area contributed by atoms with Crippen molar-refractivity contribution in [1.29, 1.82) is 0 Å². The van der Waals surface area contributed by atoms with E-state index in [1.807, 2.05) is 24.0 Å². The van der Waals surface area contributed by atoms with Gasteiger partial charge in [0.25, 0.3) is 0 Å². The maximum Gasteiger partial charge on any atom is 0.176 e. The lowest BCUT2D eigenvalue weighted by atomic mass is 10.1. The predicted octanol–water partition coefficient (Wildman–Crippen LogP) is 1.35. The fraction of sp³-hybridized carbons (Fsp3) is 0.533. The van der Waals surface area contributed by atoms with E-state index in [1.165, 1.54) is 0 Å². The smallest absolute Gasteiger partial charge is 0.176 e. The molecule has 0 radical (unpaired) electrons. The van der Waals surface area contributed by atoms with Crippen LogP contribution in [-0.4, -0.2) is 57.8 Å². The van der Waals surface area contributed by atoms with Gasteiger partial charge in [-0.1, -0.05) is 12.1 Å². The van der Waals surface area contributed by atoms with Crippen LogP contribution in [-0.2, 0) is 9.47 Å². The number of rotatable bonds is 9. The molecule has 1 aromatic carbocycles. The highest BCUT2D eigenvalue weighted by Crippen LogP contribution is 2.13. The van der Waals surface area contributed by atoms with Crippen molar-refractivity contribution in [2.24, 2.45) is 0 Å². The fourth-order valence-electron chi connectivity index (χ4n) is 1.82. The van der Waals surface area contributed by atoms with Gasteiger partial charge in [0.15, 0.2) is 5.78 Å². The largest absolute Gasteiger partial charge is 0.398 e. The van der Waals surface area contributed by atoms with Gasteiger partial charge in [-0.2, -0.15) is 0 Å². The monoisotopic (exact) mass is 280 g/mol. The number of ketones is 1. The van der Waals surface area contributed by atoms with Gasteiger partial charge in [0.1, 0.15) is 0 Å². The minimum Gasteiger partial charge on any atom is -0.398 e. The number of anilines is 1. The van der Waals surface area contributed by atoms with E-state index < -0.39 is 0 Å². The van der Waals surface area contributed by atoms with E-state index in [-0.39, 0.29) is 5.78 Å². The minimum absolute atomic E-state index is 0.0592. The molecule has 0 unspecified atom stereocenters. The molecule has 0 saturated carbocycles. The molecule has 112 valence electrons. The molecule has 0 aliphatic heterocycles. The first-order valence-electron chi connectivity index (χ1n) is 6.68. The van der Waals surface area contributed by atoms with E-state index in [0.717, 1.165) is 5.56 Å². The normalized spacial score (nSPS) is 11.0. The van der Waals surface area contributed by atoms with Crippen LogP contribution in [0.2, 0.25) is 0 Å². The summed E-state index contributed by atoms with van der Waals surface area (Å²) in [6.45, 7) is 4.85. The molecule has 0 aliphatic carbocycles. The van der Waals surface area contributed by atoms with Crippen LogP contribution >= 0.6 is 0 Å². The van der Waals surface area contributed by atoms with E-state index in [1.54, 1.807) is 20.3 Å². The predicted molar refractivity (Wildman–Crippen MR) is 80.1 cm³/mol. The molecule has 1 aromatic rings. The Morgan fingerprint density at radius 1 is 1.20 bits per heavy atom. The Kier molecular flexibility index (Phi) is 7.22. The summed E-state index contributed by atoms with van der Waals surface area (Å²) in [6, 6.07) is 5.43. The standard InChI is InChI=1S/C15H24N2O3/c1-12-4-5-13(10-14(12)16)15(18)11-17(6-8-19-2)7-9-20-3/h4-5,10H,6-9,11,16H2,1-3H3. The average Bonchev–Trinajstić information content (AvgIpc) is 2.44. The fourth-order valence-corrected chi connectivity index (χ4v) is 1.82. The first-order valence-corrected chi connectivity index (χ1v) is 6.68. The Morgan fingerprint density at radius 3 is 2.30 bits per heavy atom. The molecule has 0 spiro atoms. The molecule has 0 atom stereocenters. The lowest BCUT2D eigenvalue weighted by Gasteiger charge is -2.20. The number of carbonyl (C=O) groups excluding carboxylic acids is 1. The number of hydrogen-bond acceptors (Lipinski definition) is 5. The van der Waals surface area contributed by atoms with Crippen LogP contribution in [0.5, 0.6) is 0 Å². The second-order valence-corrected chi connectivity index (χ2v) is 4.76. The molecule has 1 rings (SSSR count). The minimum atomic E-state index is 0.0592. The quantitative estimate of drug-likeness (QED) is 0.546. The van der Waals surface area contributed by atoms with Gasteiger partial charge in [-0.15, -0.1) is 0 Å². The summed E-state index contributed by atoms with van der Waals surface area (Å²) in [6.07, 6.45) is 0. The van der Waals surface area contributed by atoms with Gasteiger partial charge < -0.3 is 15.2 Å². The second-order valence-electron chi connectivity index (χ2n) is 4.76. The third kappa shape index (κ3) is 5.28. The highest BCUT2D eigenvalue weighted by atomic mass is 16.5. The third-order valence-electron chi connectivity index (χ3n) is 3.19. The van der Waals surface area contributed by atoms with Crippen LogP contribution in [0.15, 0.2) is 18.2 Å². The van der Waals surface area contributed by atoms with Crippen LogP contribution in [0.25, 0.3) is 0 Å². The molecule has 20 heavy (non-hydrogen) atoms. The number of benzene rings is 1. The zero-order valence-corrected chi connectivity index (χ0v) is 12.5. The maximum absolute atomic E-state index is 12.3. The molecule has 0 amide bonds. The van der Waals surface area contributed by atoms with Crippen molar-refractivity contribution in [3.05, 3.63) is 29.3 Å². The number of methoxy groups -OCH3 is 2. The van der Waals surface area contributed by atoms with Gasteiger partial charge in [-0.05, 0) is 18.6 Å².